The fourth-order valence-electron chi connectivity index (χ4n) is 11.3. The molecule has 6 nitrogen and oxygen atoms in total. The second-order valence-electron chi connectivity index (χ2n) is 20.2. The van der Waals surface area contributed by atoms with Gasteiger partial charge in [0.05, 0.1) is 23.3 Å². The first-order chi connectivity index (χ1) is 33.9. The van der Waals surface area contributed by atoms with Crippen molar-refractivity contribution in [3.8, 4) is 0 Å². The number of fused-ring (bicyclic) bond motifs is 2. The van der Waals surface area contributed by atoms with Crippen molar-refractivity contribution in [1.82, 2.24) is 10.6 Å². The third kappa shape index (κ3) is 9.94. The van der Waals surface area contributed by atoms with Crippen molar-refractivity contribution in [1.29, 1.82) is 0 Å². The van der Waals surface area contributed by atoms with Crippen molar-refractivity contribution >= 4 is 33.4 Å². The Balaban J connectivity index is 1.19. The van der Waals surface area contributed by atoms with Crippen LogP contribution in [0.25, 0.3) is 21.5 Å². The van der Waals surface area contributed by atoms with Crippen LogP contribution in [0.15, 0.2) is 182 Å². The predicted molar refractivity (Wildman–Crippen MR) is 285 cm³/mol. The number of aliphatic hydroxyl groups is 2. The summed E-state index contributed by atoms with van der Waals surface area (Å²) in [6.07, 6.45) is 3.85. The van der Waals surface area contributed by atoms with E-state index in [4.69, 9.17) is 0 Å². The Morgan fingerprint density at radius 2 is 0.729 bits per heavy atom. The van der Waals surface area contributed by atoms with E-state index in [0.717, 1.165) is 83.6 Å². The third-order valence-electron chi connectivity index (χ3n) is 15.5. The molecule has 2 amide bonds. The first kappa shape index (κ1) is 48.2. The lowest BCUT2D eigenvalue weighted by atomic mass is 9.70. The second kappa shape index (κ2) is 20.6. The zero-order chi connectivity index (χ0) is 48.9. The molecule has 0 spiro atoms. The maximum absolute atomic E-state index is 16.1. The molecule has 1 aliphatic rings. The van der Waals surface area contributed by atoms with Gasteiger partial charge in [-0.05, 0) is 118 Å². The van der Waals surface area contributed by atoms with Gasteiger partial charge in [-0.25, -0.2) is 0 Å². The van der Waals surface area contributed by atoms with Crippen LogP contribution in [-0.2, 0) is 35.3 Å². The molecule has 0 radical (unpaired) electrons. The Morgan fingerprint density at radius 3 is 1.07 bits per heavy atom. The number of aryl methyl sites for hydroxylation is 4. The molecular formula is C64H66N2O4. The summed E-state index contributed by atoms with van der Waals surface area (Å²) >= 11 is 0. The molecule has 0 aromatic heterocycles. The van der Waals surface area contributed by atoms with E-state index in [1.807, 2.05) is 109 Å². The minimum atomic E-state index is -1.56. The van der Waals surface area contributed by atoms with Crippen LogP contribution in [0.1, 0.15) is 99.8 Å². The molecule has 356 valence electrons. The number of carbonyl (C=O) groups is 2. The Bertz CT molecular complexity index is 2840. The standard InChI is InChI=1S/C64H66N2O4/c1-44-22-6-10-28-50(44)40-63(69,41-51-29-11-7-23-45(51)2)58(56-36-20-32-48-26-14-16-34-54(48)56)65-60(67)62(38-18-5-19-39-62)61(68)66-59(57-37-21-33-49-27-15-17-35-55(49)57)64(70,42-52-30-12-8-24-46(52)3)43-53-31-13-9-25-47(53)4/h6-17,20-37,58-59,69-70H,5,18-19,38-43H2,1-4H3,(H,65,67)(H,66,68)/t58-,59-/m0/s1. The Morgan fingerprint density at radius 1 is 0.429 bits per heavy atom. The highest BCUT2D eigenvalue weighted by Gasteiger charge is 2.52. The number of hydrogen-bond acceptors (Lipinski definition) is 4. The fraction of sp³-hybridized carbons (Fsp3) is 0.281. The number of benzene rings is 8. The molecule has 0 aliphatic heterocycles. The molecule has 70 heavy (non-hydrogen) atoms. The van der Waals surface area contributed by atoms with Crippen LogP contribution in [0.2, 0.25) is 0 Å². The maximum atomic E-state index is 16.1. The first-order valence-electron chi connectivity index (χ1n) is 25.1. The lowest BCUT2D eigenvalue weighted by Gasteiger charge is -2.44. The summed E-state index contributed by atoms with van der Waals surface area (Å²) in [7, 11) is 0. The zero-order valence-corrected chi connectivity index (χ0v) is 41.1. The number of amides is 2. The number of rotatable bonds is 16. The Labute approximate surface area is 413 Å². The van der Waals surface area contributed by atoms with Crippen LogP contribution in [0.4, 0.5) is 0 Å². The summed E-state index contributed by atoms with van der Waals surface area (Å²) in [6, 6.07) is 58.8. The molecule has 0 unspecified atom stereocenters. The minimum Gasteiger partial charge on any atom is -0.387 e. The predicted octanol–water partition coefficient (Wildman–Crippen LogP) is 12.6. The Hall–Kier alpha value is -6.86. The molecule has 0 saturated heterocycles. The summed E-state index contributed by atoms with van der Waals surface area (Å²) in [6.45, 7) is 8.23. The van der Waals surface area contributed by atoms with Crippen LogP contribution in [0.3, 0.4) is 0 Å². The quantitative estimate of drug-likeness (QED) is 0.0726. The van der Waals surface area contributed by atoms with Gasteiger partial charge in [-0.15, -0.1) is 0 Å². The number of nitrogens with one attached hydrogen (secondary N) is 2. The van der Waals surface area contributed by atoms with Gasteiger partial charge in [-0.3, -0.25) is 9.59 Å². The molecule has 8 aromatic carbocycles. The van der Waals surface area contributed by atoms with Gasteiger partial charge in [0.25, 0.3) is 0 Å². The van der Waals surface area contributed by atoms with Gasteiger partial charge in [0.2, 0.25) is 11.8 Å². The molecule has 8 aromatic rings. The normalized spacial score (nSPS) is 14.8. The summed E-state index contributed by atoms with van der Waals surface area (Å²) in [5, 5.41) is 38.4. The third-order valence-corrected chi connectivity index (χ3v) is 15.5. The SMILES string of the molecule is Cc1ccccc1CC(O)(Cc1ccccc1C)[C@@H](NC(=O)C1(C(=O)N[C@@H](c2cccc3ccccc23)C(O)(Cc2ccccc2C)Cc2ccccc2C)CCCCC1)c1cccc2ccccc12. The van der Waals surface area contributed by atoms with Gasteiger partial charge in [0.1, 0.15) is 5.41 Å². The van der Waals surface area contributed by atoms with Crippen LogP contribution >= 0.6 is 0 Å². The van der Waals surface area contributed by atoms with Crippen molar-refractivity contribution < 1.29 is 19.8 Å². The van der Waals surface area contributed by atoms with Crippen molar-refractivity contribution in [2.24, 2.45) is 5.41 Å². The van der Waals surface area contributed by atoms with Gasteiger partial charge >= 0.3 is 0 Å². The van der Waals surface area contributed by atoms with Gasteiger partial charge < -0.3 is 20.8 Å². The van der Waals surface area contributed by atoms with E-state index in [0.29, 0.717) is 25.7 Å². The van der Waals surface area contributed by atoms with Crippen molar-refractivity contribution in [2.75, 3.05) is 0 Å². The highest BCUT2D eigenvalue weighted by atomic mass is 16.3. The molecule has 1 saturated carbocycles. The van der Waals surface area contributed by atoms with Crippen LogP contribution < -0.4 is 10.6 Å². The zero-order valence-electron chi connectivity index (χ0n) is 41.1. The smallest absolute Gasteiger partial charge is 0.236 e. The van der Waals surface area contributed by atoms with E-state index >= 15 is 9.59 Å². The number of hydrogen-bond donors (Lipinski definition) is 4. The topological polar surface area (TPSA) is 98.7 Å². The molecule has 6 heteroatoms. The van der Waals surface area contributed by atoms with E-state index in [2.05, 4.69) is 111 Å². The first-order valence-corrected chi connectivity index (χ1v) is 25.1. The van der Waals surface area contributed by atoms with E-state index in [1.165, 1.54) is 0 Å². The molecular weight excluding hydrogens is 861 g/mol. The summed E-state index contributed by atoms with van der Waals surface area (Å²) < 4.78 is 0. The molecule has 2 atom stereocenters. The van der Waals surface area contributed by atoms with Crippen LogP contribution in [0, 0.1) is 33.1 Å². The molecule has 4 N–H and O–H groups in total. The van der Waals surface area contributed by atoms with Crippen molar-refractivity contribution in [2.45, 2.75) is 109 Å². The monoisotopic (exact) mass is 927 g/mol. The van der Waals surface area contributed by atoms with E-state index < -0.39 is 40.5 Å². The summed E-state index contributed by atoms with van der Waals surface area (Å²) in [4.78, 5) is 32.1. The highest BCUT2D eigenvalue weighted by Crippen LogP contribution is 2.44. The largest absolute Gasteiger partial charge is 0.387 e. The van der Waals surface area contributed by atoms with Crippen LogP contribution in [-0.4, -0.2) is 33.2 Å². The average Bonchev–Trinajstić information content (AvgIpc) is 3.37. The maximum Gasteiger partial charge on any atom is 0.236 e. The van der Waals surface area contributed by atoms with E-state index in [1.54, 1.807) is 0 Å². The van der Waals surface area contributed by atoms with Gasteiger partial charge in [-0.1, -0.05) is 201 Å². The van der Waals surface area contributed by atoms with Gasteiger partial charge in [-0.2, -0.15) is 0 Å². The molecule has 9 rings (SSSR count). The highest BCUT2D eigenvalue weighted by molar-refractivity contribution is 6.06. The molecule has 1 aliphatic carbocycles. The fourth-order valence-corrected chi connectivity index (χ4v) is 11.3. The minimum absolute atomic E-state index is 0.245. The number of carbonyl (C=O) groups excluding carboxylic acids is 2. The summed E-state index contributed by atoms with van der Waals surface area (Å²) in [5.74, 6) is -0.845. The van der Waals surface area contributed by atoms with Crippen molar-refractivity contribution in [3.05, 3.63) is 238 Å². The van der Waals surface area contributed by atoms with E-state index in [-0.39, 0.29) is 25.7 Å². The van der Waals surface area contributed by atoms with E-state index in [9.17, 15) is 10.2 Å². The molecule has 1 fully saturated rings. The van der Waals surface area contributed by atoms with Crippen LogP contribution in [0.5, 0.6) is 0 Å². The van der Waals surface area contributed by atoms with Gasteiger partial charge in [0.15, 0.2) is 0 Å². The second-order valence-corrected chi connectivity index (χ2v) is 20.2. The summed E-state index contributed by atoms with van der Waals surface area (Å²) in [5.41, 5.74) is 4.98. The molecule has 0 bridgehead atoms. The lowest BCUT2D eigenvalue weighted by molar-refractivity contribution is -0.150. The molecule has 0 heterocycles. The van der Waals surface area contributed by atoms with Crippen molar-refractivity contribution in [3.63, 3.8) is 0 Å². The Kier molecular flexibility index (Phi) is 14.2. The lowest BCUT2D eigenvalue weighted by Crippen LogP contribution is -2.59. The van der Waals surface area contributed by atoms with Gasteiger partial charge in [0, 0.05) is 25.7 Å². The average molecular weight is 927 g/mol.